The second kappa shape index (κ2) is 6.92. The molecule has 3 heterocycles. The zero-order valence-electron chi connectivity index (χ0n) is 14.1. The van der Waals surface area contributed by atoms with E-state index in [1.807, 2.05) is 12.1 Å². The number of nitrogens with zero attached hydrogens (tertiary/aromatic N) is 5. The standard InChI is InChI=1S/C19H17FN6/c20-16-3-1-2-15-18(16)23-12-24-19(15)25-14-6-8-26(9-7-14)17-5-4-13(10-21)11-22-17/h1-5,11-12,14H,6-9H2,(H,23,24,25). The number of piperidine rings is 1. The van der Waals surface area contributed by atoms with Crippen LogP contribution in [0.3, 0.4) is 0 Å². The Morgan fingerprint density at radius 2 is 1.96 bits per heavy atom. The maximum Gasteiger partial charge on any atom is 0.149 e. The molecule has 0 spiro atoms. The fraction of sp³-hybridized carbons (Fsp3) is 0.263. The van der Waals surface area contributed by atoms with Gasteiger partial charge < -0.3 is 10.2 Å². The Kier molecular flexibility index (Phi) is 4.32. The molecular formula is C19H17FN6. The number of nitrogens with one attached hydrogen (secondary N) is 1. The minimum Gasteiger partial charge on any atom is -0.367 e. The molecule has 0 atom stereocenters. The van der Waals surface area contributed by atoms with E-state index in [-0.39, 0.29) is 11.9 Å². The van der Waals surface area contributed by atoms with Gasteiger partial charge in [-0.2, -0.15) is 5.26 Å². The Morgan fingerprint density at radius 1 is 1.12 bits per heavy atom. The van der Waals surface area contributed by atoms with Crippen LogP contribution in [0, 0.1) is 17.1 Å². The first-order valence-corrected chi connectivity index (χ1v) is 8.51. The number of aromatic nitrogens is 3. The lowest BCUT2D eigenvalue weighted by Gasteiger charge is -2.33. The van der Waals surface area contributed by atoms with E-state index in [0.717, 1.165) is 31.7 Å². The molecule has 0 amide bonds. The van der Waals surface area contributed by atoms with Gasteiger partial charge in [0.2, 0.25) is 0 Å². The van der Waals surface area contributed by atoms with E-state index >= 15 is 0 Å². The summed E-state index contributed by atoms with van der Waals surface area (Å²) in [5.74, 6) is 1.22. The Hall–Kier alpha value is -3.27. The summed E-state index contributed by atoms with van der Waals surface area (Å²) in [4.78, 5) is 14.9. The molecule has 1 N–H and O–H groups in total. The first-order valence-electron chi connectivity index (χ1n) is 8.51. The third-order valence-corrected chi connectivity index (χ3v) is 4.65. The van der Waals surface area contributed by atoms with Gasteiger partial charge in [0.15, 0.2) is 0 Å². The number of fused-ring (bicyclic) bond motifs is 1. The zero-order valence-corrected chi connectivity index (χ0v) is 14.1. The normalized spacial score (nSPS) is 15.0. The number of para-hydroxylation sites is 1. The van der Waals surface area contributed by atoms with Crippen LogP contribution < -0.4 is 10.2 Å². The van der Waals surface area contributed by atoms with Crippen LogP contribution in [0.5, 0.6) is 0 Å². The van der Waals surface area contributed by atoms with Crippen molar-refractivity contribution in [3.63, 3.8) is 0 Å². The number of hydrogen-bond donors (Lipinski definition) is 1. The molecule has 1 aliphatic rings. The van der Waals surface area contributed by atoms with E-state index in [2.05, 4.69) is 31.2 Å². The van der Waals surface area contributed by atoms with Crippen LogP contribution in [0.2, 0.25) is 0 Å². The van der Waals surface area contributed by atoms with Gasteiger partial charge in [-0.25, -0.2) is 19.3 Å². The molecule has 4 rings (SSSR count). The molecule has 2 aromatic heterocycles. The van der Waals surface area contributed by atoms with Crippen molar-refractivity contribution in [2.45, 2.75) is 18.9 Å². The van der Waals surface area contributed by atoms with Crippen LogP contribution in [-0.4, -0.2) is 34.1 Å². The first-order chi connectivity index (χ1) is 12.7. The van der Waals surface area contributed by atoms with Gasteiger partial charge in [-0.05, 0) is 37.1 Å². The number of rotatable bonds is 3. The van der Waals surface area contributed by atoms with Gasteiger partial charge in [0.05, 0.1) is 5.56 Å². The zero-order chi connectivity index (χ0) is 17.9. The van der Waals surface area contributed by atoms with Crippen molar-refractivity contribution >= 4 is 22.5 Å². The molecule has 1 saturated heterocycles. The number of hydrogen-bond acceptors (Lipinski definition) is 6. The van der Waals surface area contributed by atoms with E-state index in [1.165, 1.54) is 12.4 Å². The van der Waals surface area contributed by atoms with Crippen LogP contribution >= 0.6 is 0 Å². The minimum absolute atomic E-state index is 0.256. The Bertz CT molecular complexity index is 958. The molecule has 0 unspecified atom stereocenters. The second-order valence-corrected chi connectivity index (χ2v) is 6.28. The molecular weight excluding hydrogens is 331 g/mol. The lowest BCUT2D eigenvalue weighted by Crippen LogP contribution is -2.39. The predicted octanol–water partition coefficient (Wildman–Crippen LogP) is 3.12. The summed E-state index contributed by atoms with van der Waals surface area (Å²) in [6.45, 7) is 1.71. The van der Waals surface area contributed by atoms with E-state index in [0.29, 0.717) is 22.3 Å². The van der Waals surface area contributed by atoms with Crippen molar-refractivity contribution in [2.75, 3.05) is 23.3 Å². The molecule has 6 nitrogen and oxygen atoms in total. The summed E-state index contributed by atoms with van der Waals surface area (Å²) in [5, 5.41) is 13.0. The monoisotopic (exact) mass is 348 g/mol. The van der Waals surface area contributed by atoms with Gasteiger partial charge in [-0.1, -0.05) is 6.07 Å². The number of anilines is 2. The van der Waals surface area contributed by atoms with Crippen LogP contribution in [0.15, 0.2) is 42.9 Å². The third-order valence-electron chi connectivity index (χ3n) is 4.65. The van der Waals surface area contributed by atoms with Crippen LogP contribution in [0.1, 0.15) is 18.4 Å². The quantitative estimate of drug-likeness (QED) is 0.784. The number of pyridine rings is 1. The summed E-state index contributed by atoms with van der Waals surface area (Å²) in [7, 11) is 0. The molecule has 0 saturated carbocycles. The Balaban J connectivity index is 1.44. The van der Waals surface area contributed by atoms with Crippen molar-refractivity contribution in [1.29, 1.82) is 5.26 Å². The van der Waals surface area contributed by atoms with Crippen molar-refractivity contribution in [3.8, 4) is 6.07 Å². The average Bonchev–Trinajstić information content (AvgIpc) is 2.69. The van der Waals surface area contributed by atoms with E-state index in [4.69, 9.17) is 5.26 Å². The van der Waals surface area contributed by atoms with Gasteiger partial charge >= 0.3 is 0 Å². The lowest BCUT2D eigenvalue weighted by atomic mass is 10.0. The van der Waals surface area contributed by atoms with Crippen molar-refractivity contribution in [1.82, 2.24) is 15.0 Å². The molecule has 0 radical (unpaired) electrons. The smallest absolute Gasteiger partial charge is 0.149 e. The molecule has 1 aliphatic heterocycles. The number of benzene rings is 1. The highest BCUT2D eigenvalue weighted by atomic mass is 19.1. The molecule has 0 bridgehead atoms. The van der Waals surface area contributed by atoms with Crippen LogP contribution in [-0.2, 0) is 0 Å². The predicted molar refractivity (Wildman–Crippen MR) is 97.3 cm³/mol. The highest BCUT2D eigenvalue weighted by Gasteiger charge is 2.21. The molecule has 130 valence electrons. The summed E-state index contributed by atoms with van der Waals surface area (Å²) < 4.78 is 13.9. The first kappa shape index (κ1) is 16.2. The fourth-order valence-electron chi connectivity index (χ4n) is 3.25. The molecule has 1 fully saturated rings. The fourth-order valence-corrected chi connectivity index (χ4v) is 3.25. The SMILES string of the molecule is N#Cc1ccc(N2CCC(Nc3ncnc4c(F)cccc34)CC2)nc1. The topological polar surface area (TPSA) is 77.7 Å². The molecule has 1 aromatic carbocycles. The highest BCUT2D eigenvalue weighted by molar-refractivity contribution is 5.89. The minimum atomic E-state index is -0.338. The third kappa shape index (κ3) is 3.14. The lowest BCUT2D eigenvalue weighted by molar-refractivity contribution is 0.522. The van der Waals surface area contributed by atoms with Crippen LogP contribution in [0.25, 0.3) is 10.9 Å². The summed E-state index contributed by atoms with van der Waals surface area (Å²) in [6.07, 6.45) is 4.83. The maximum absolute atomic E-state index is 13.9. The molecule has 7 heteroatoms. The highest BCUT2D eigenvalue weighted by Crippen LogP contribution is 2.25. The van der Waals surface area contributed by atoms with Gasteiger partial charge in [0.25, 0.3) is 0 Å². The summed E-state index contributed by atoms with van der Waals surface area (Å²) in [6, 6.07) is 10.9. The van der Waals surface area contributed by atoms with E-state index < -0.39 is 0 Å². The van der Waals surface area contributed by atoms with Gasteiger partial charge in [-0.15, -0.1) is 0 Å². The van der Waals surface area contributed by atoms with Gasteiger partial charge in [-0.3, -0.25) is 0 Å². The van der Waals surface area contributed by atoms with Crippen molar-refractivity contribution in [2.24, 2.45) is 0 Å². The van der Waals surface area contributed by atoms with Crippen molar-refractivity contribution < 1.29 is 4.39 Å². The molecule has 3 aromatic rings. The molecule has 0 aliphatic carbocycles. The largest absolute Gasteiger partial charge is 0.367 e. The van der Waals surface area contributed by atoms with E-state index in [9.17, 15) is 4.39 Å². The van der Waals surface area contributed by atoms with Gasteiger partial charge in [0.1, 0.15) is 35.4 Å². The van der Waals surface area contributed by atoms with Gasteiger partial charge in [0, 0.05) is 30.7 Å². The number of nitriles is 1. The Morgan fingerprint density at radius 3 is 2.69 bits per heavy atom. The van der Waals surface area contributed by atoms with Crippen LogP contribution in [0.4, 0.5) is 16.0 Å². The molecule has 26 heavy (non-hydrogen) atoms. The van der Waals surface area contributed by atoms with E-state index in [1.54, 1.807) is 18.3 Å². The average molecular weight is 348 g/mol. The summed E-state index contributed by atoms with van der Waals surface area (Å²) in [5.41, 5.74) is 0.900. The van der Waals surface area contributed by atoms with Crippen molar-refractivity contribution in [3.05, 3.63) is 54.2 Å². The summed E-state index contributed by atoms with van der Waals surface area (Å²) >= 11 is 0. The maximum atomic E-state index is 13.9. The Labute approximate surface area is 150 Å². The second-order valence-electron chi connectivity index (χ2n) is 6.28. The number of halogens is 1.